The maximum Gasteiger partial charge on any atom is 0.253 e. The number of benzene rings is 2. The summed E-state index contributed by atoms with van der Waals surface area (Å²) < 4.78 is 13.1. The Labute approximate surface area is 187 Å². The van der Waals surface area contributed by atoms with Gasteiger partial charge in [-0.1, -0.05) is 12.1 Å². The van der Waals surface area contributed by atoms with E-state index in [1.807, 2.05) is 4.90 Å². The topological polar surface area (TPSA) is 69.7 Å². The number of nitrogens with one attached hydrogen (secondary N) is 1. The van der Waals surface area contributed by atoms with Crippen molar-refractivity contribution in [2.75, 3.05) is 31.5 Å². The van der Waals surface area contributed by atoms with Gasteiger partial charge in [0.2, 0.25) is 11.8 Å². The van der Waals surface area contributed by atoms with E-state index < -0.39 is 0 Å². The Balaban J connectivity index is 1.31. The number of anilines is 1. The van der Waals surface area contributed by atoms with Crippen molar-refractivity contribution in [3.63, 3.8) is 0 Å². The van der Waals surface area contributed by atoms with Crippen molar-refractivity contribution in [1.29, 1.82) is 0 Å². The van der Waals surface area contributed by atoms with Gasteiger partial charge < -0.3 is 15.1 Å². The molecular formula is C25H28FN3O3. The predicted octanol–water partition coefficient (Wildman–Crippen LogP) is 3.48. The molecule has 1 unspecified atom stereocenters. The highest BCUT2D eigenvalue weighted by atomic mass is 19.1. The third kappa shape index (κ3) is 5.33. The zero-order chi connectivity index (χ0) is 22.5. The minimum atomic E-state index is -0.329. The van der Waals surface area contributed by atoms with E-state index in [0.29, 0.717) is 24.3 Å². The number of carbonyl (C=O) groups excluding carboxylic acids is 3. The summed E-state index contributed by atoms with van der Waals surface area (Å²) in [6.45, 7) is 2.60. The van der Waals surface area contributed by atoms with Crippen LogP contribution in [0.25, 0.3) is 0 Å². The van der Waals surface area contributed by atoms with Crippen LogP contribution in [0.5, 0.6) is 0 Å². The Morgan fingerprint density at radius 2 is 1.53 bits per heavy atom. The molecule has 168 valence electrons. The predicted molar refractivity (Wildman–Crippen MR) is 120 cm³/mol. The molecule has 0 radical (unpaired) electrons. The molecule has 2 fully saturated rings. The number of nitrogens with zero attached hydrogens (tertiary/aromatic N) is 2. The van der Waals surface area contributed by atoms with Gasteiger partial charge in [0.25, 0.3) is 5.91 Å². The van der Waals surface area contributed by atoms with Crippen molar-refractivity contribution < 1.29 is 18.8 Å². The monoisotopic (exact) mass is 437 g/mol. The van der Waals surface area contributed by atoms with E-state index in [-0.39, 0.29) is 35.9 Å². The largest absolute Gasteiger partial charge is 0.342 e. The van der Waals surface area contributed by atoms with Gasteiger partial charge in [-0.25, -0.2) is 4.39 Å². The number of rotatable bonds is 5. The van der Waals surface area contributed by atoms with Gasteiger partial charge >= 0.3 is 0 Å². The van der Waals surface area contributed by atoms with E-state index in [4.69, 9.17) is 0 Å². The highest BCUT2D eigenvalue weighted by Crippen LogP contribution is 2.21. The minimum absolute atomic E-state index is 0.0305. The Bertz CT molecular complexity index is 969. The van der Waals surface area contributed by atoms with Crippen LogP contribution in [0.2, 0.25) is 0 Å². The number of halogens is 1. The normalized spacial score (nSPS) is 18.5. The van der Waals surface area contributed by atoms with Crippen molar-refractivity contribution in [3.8, 4) is 0 Å². The van der Waals surface area contributed by atoms with Crippen LogP contribution in [0.1, 0.15) is 41.6 Å². The third-order valence-corrected chi connectivity index (χ3v) is 6.21. The number of hydrogen-bond acceptors (Lipinski definition) is 3. The second kappa shape index (κ2) is 9.94. The first kappa shape index (κ1) is 22.0. The molecule has 0 saturated carbocycles. The summed E-state index contributed by atoms with van der Waals surface area (Å²) in [5, 5.41) is 2.92. The molecule has 2 aromatic rings. The average Bonchev–Trinajstić information content (AvgIpc) is 3.36. The zero-order valence-corrected chi connectivity index (χ0v) is 18.1. The highest BCUT2D eigenvalue weighted by molar-refractivity contribution is 5.96. The summed E-state index contributed by atoms with van der Waals surface area (Å²) in [6.07, 6.45) is 3.77. The average molecular weight is 438 g/mol. The maximum absolute atomic E-state index is 13.1. The maximum atomic E-state index is 13.1. The lowest BCUT2D eigenvalue weighted by Crippen LogP contribution is -2.44. The summed E-state index contributed by atoms with van der Waals surface area (Å²) in [6, 6.07) is 12.9. The molecule has 2 saturated heterocycles. The molecular weight excluding hydrogens is 409 g/mol. The molecule has 2 aliphatic heterocycles. The second-order valence-corrected chi connectivity index (χ2v) is 8.55. The van der Waals surface area contributed by atoms with Gasteiger partial charge in [-0.3, -0.25) is 14.4 Å². The fourth-order valence-corrected chi connectivity index (χ4v) is 4.35. The van der Waals surface area contributed by atoms with Crippen molar-refractivity contribution in [2.45, 2.75) is 32.1 Å². The van der Waals surface area contributed by atoms with Crippen LogP contribution < -0.4 is 5.32 Å². The summed E-state index contributed by atoms with van der Waals surface area (Å²) in [4.78, 5) is 41.5. The molecule has 2 heterocycles. The summed E-state index contributed by atoms with van der Waals surface area (Å²) in [5.41, 5.74) is 2.02. The molecule has 0 spiro atoms. The molecule has 2 aliphatic rings. The Morgan fingerprint density at radius 1 is 0.875 bits per heavy atom. The van der Waals surface area contributed by atoms with E-state index in [1.54, 1.807) is 41.3 Å². The lowest BCUT2D eigenvalue weighted by atomic mass is 9.96. The van der Waals surface area contributed by atoms with Gasteiger partial charge in [-0.2, -0.15) is 0 Å². The lowest BCUT2D eigenvalue weighted by Gasteiger charge is -2.32. The van der Waals surface area contributed by atoms with Gasteiger partial charge in [0.15, 0.2) is 0 Å². The van der Waals surface area contributed by atoms with Gasteiger partial charge in [-0.15, -0.1) is 0 Å². The molecule has 6 nitrogen and oxygen atoms in total. The van der Waals surface area contributed by atoms with Crippen LogP contribution >= 0.6 is 0 Å². The van der Waals surface area contributed by atoms with E-state index in [2.05, 4.69) is 5.32 Å². The quantitative estimate of drug-likeness (QED) is 0.779. The number of likely N-dealkylation sites (tertiary alicyclic amines) is 2. The molecule has 3 amide bonds. The molecule has 0 bridgehead atoms. The van der Waals surface area contributed by atoms with Crippen LogP contribution in [0.3, 0.4) is 0 Å². The number of amides is 3. The summed E-state index contributed by atoms with van der Waals surface area (Å²) in [7, 11) is 0. The first-order chi connectivity index (χ1) is 15.5. The first-order valence-corrected chi connectivity index (χ1v) is 11.2. The van der Waals surface area contributed by atoms with E-state index >= 15 is 0 Å². The third-order valence-electron chi connectivity index (χ3n) is 6.21. The SMILES string of the molecule is O=C(Nc1ccc(C(=O)N2CCCC2)cc1)C1CCCN(C(=O)Cc2ccc(F)cc2)C1. The molecule has 2 aromatic carbocycles. The van der Waals surface area contributed by atoms with Gasteiger partial charge in [-0.05, 0) is 67.6 Å². The van der Waals surface area contributed by atoms with E-state index in [0.717, 1.165) is 44.3 Å². The van der Waals surface area contributed by atoms with Crippen LogP contribution in [0.15, 0.2) is 48.5 Å². The highest BCUT2D eigenvalue weighted by Gasteiger charge is 2.28. The van der Waals surface area contributed by atoms with Crippen LogP contribution in [-0.4, -0.2) is 53.7 Å². The zero-order valence-electron chi connectivity index (χ0n) is 18.1. The smallest absolute Gasteiger partial charge is 0.253 e. The van der Waals surface area contributed by atoms with Crippen molar-refractivity contribution in [3.05, 3.63) is 65.5 Å². The molecule has 4 rings (SSSR count). The van der Waals surface area contributed by atoms with Crippen molar-refractivity contribution >= 4 is 23.4 Å². The van der Waals surface area contributed by atoms with E-state index in [9.17, 15) is 18.8 Å². The van der Waals surface area contributed by atoms with Gasteiger partial charge in [0.1, 0.15) is 5.82 Å². The number of carbonyl (C=O) groups is 3. The van der Waals surface area contributed by atoms with Crippen molar-refractivity contribution in [1.82, 2.24) is 9.80 Å². The minimum Gasteiger partial charge on any atom is -0.342 e. The Morgan fingerprint density at radius 3 is 2.22 bits per heavy atom. The molecule has 7 heteroatoms. The molecule has 32 heavy (non-hydrogen) atoms. The van der Waals surface area contributed by atoms with Crippen LogP contribution in [0, 0.1) is 11.7 Å². The fourth-order valence-electron chi connectivity index (χ4n) is 4.35. The lowest BCUT2D eigenvalue weighted by molar-refractivity contribution is -0.133. The molecule has 0 aromatic heterocycles. The number of hydrogen-bond donors (Lipinski definition) is 1. The van der Waals surface area contributed by atoms with Gasteiger partial charge in [0, 0.05) is 37.4 Å². The van der Waals surface area contributed by atoms with Crippen LogP contribution in [0.4, 0.5) is 10.1 Å². The fraction of sp³-hybridized carbons (Fsp3) is 0.400. The molecule has 0 aliphatic carbocycles. The Kier molecular flexibility index (Phi) is 6.83. The first-order valence-electron chi connectivity index (χ1n) is 11.2. The number of piperidine rings is 1. The second-order valence-electron chi connectivity index (χ2n) is 8.55. The summed E-state index contributed by atoms with van der Waals surface area (Å²) in [5.74, 6) is -0.763. The standard InChI is InChI=1S/C25H28FN3O3/c26-21-9-5-18(6-10-21)16-23(30)29-15-3-4-20(17-29)24(31)27-22-11-7-19(8-12-22)25(32)28-13-1-2-14-28/h5-12,20H,1-4,13-17H2,(H,27,31). The Hall–Kier alpha value is -3.22. The van der Waals surface area contributed by atoms with Crippen LogP contribution in [-0.2, 0) is 16.0 Å². The van der Waals surface area contributed by atoms with Gasteiger partial charge in [0.05, 0.1) is 12.3 Å². The molecule has 1 atom stereocenters. The summed E-state index contributed by atoms with van der Waals surface area (Å²) >= 11 is 0. The van der Waals surface area contributed by atoms with Crippen molar-refractivity contribution in [2.24, 2.45) is 5.92 Å². The van der Waals surface area contributed by atoms with E-state index in [1.165, 1.54) is 12.1 Å². The molecule has 1 N–H and O–H groups in total.